The van der Waals surface area contributed by atoms with Gasteiger partial charge in [0.2, 0.25) is 5.91 Å². The summed E-state index contributed by atoms with van der Waals surface area (Å²) in [6.45, 7) is 0. The second-order valence-electron chi connectivity index (χ2n) is 7.72. The minimum Gasteiger partial charge on any atom is -0.467 e. The van der Waals surface area contributed by atoms with Gasteiger partial charge < -0.3 is 15.4 Å². The Hall–Kier alpha value is -0.810. The van der Waals surface area contributed by atoms with Crippen LogP contribution in [-0.4, -0.2) is 36.6 Å². The van der Waals surface area contributed by atoms with E-state index in [2.05, 4.69) is 10.6 Å². The quantitative estimate of drug-likeness (QED) is 0.599. The Kier molecular flexibility index (Phi) is 6.93. The third kappa shape index (κ3) is 4.42. The van der Waals surface area contributed by atoms with E-state index in [1.54, 1.807) is 0 Å². The van der Waals surface area contributed by atoms with Crippen LogP contribution in [0.3, 0.4) is 0 Å². The third-order valence-electron chi connectivity index (χ3n) is 5.96. The summed E-state index contributed by atoms with van der Waals surface area (Å²) in [5.41, 5.74) is -0.783. The smallest absolute Gasteiger partial charge is 0.331 e. The summed E-state index contributed by atoms with van der Waals surface area (Å²) in [6, 6.07) is 1.19. The first-order chi connectivity index (χ1) is 11.1. The number of carbonyl (C=O) groups excluding carboxylic acids is 2. The summed E-state index contributed by atoms with van der Waals surface area (Å²) >= 11 is 0. The lowest BCUT2D eigenvalue weighted by atomic mass is 9.87. The maximum atomic E-state index is 12.6. The van der Waals surface area contributed by atoms with E-state index in [-0.39, 0.29) is 24.3 Å². The molecule has 0 aromatic rings. The molecule has 2 heterocycles. The predicted molar refractivity (Wildman–Crippen MR) is 95.1 cm³/mol. The second kappa shape index (κ2) is 8.52. The van der Waals surface area contributed by atoms with Gasteiger partial charge in [0.15, 0.2) is 0 Å². The molecule has 0 spiro atoms. The minimum atomic E-state index is -0.783. The topological polar surface area (TPSA) is 67.4 Å². The monoisotopic (exact) mass is 358 g/mol. The van der Waals surface area contributed by atoms with Crippen molar-refractivity contribution in [1.82, 2.24) is 10.6 Å². The van der Waals surface area contributed by atoms with Crippen molar-refractivity contribution in [1.29, 1.82) is 0 Å². The number of fused-ring (bicyclic) bond motifs is 2. The zero-order valence-electron chi connectivity index (χ0n) is 14.6. The molecule has 2 aliphatic heterocycles. The highest BCUT2D eigenvalue weighted by atomic mass is 35.5. The molecule has 3 rings (SSSR count). The van der Waals surface area contributed by atoms with Gasteiger partial charge in [0.1, 0.15) is 5.54 Å². The van der Waals surface area contributed by atoms with Gasteiger partial charge in [-0.25, -0.2) is 4.79 Å². The molecule has 2 bridgehead atoms. The Balaban J connectivity index is 0.00000208. The molecule has 2 atom stereocenters. The molecule has 1 aliphatic carbocycles. The van der Waals surface area contributed by atoms with E-state index < -0.39 is 5.54 Å². The van der Waals surface area contributed by atoms with Crippen molar-refractivity contribution in [3.8, 4) is 0 Å². The summed E-state index contributed by atoms with van der Waals surface area (Å²) < 4.78 is 5.02. The summed E-state index contributed by atoms with van der Waals surface area (Å²) in [6.07, 6.45) is 10.9. The van der Waals surface area contributed by atoms with E-state index in [0.29, 0.717) is 37.3 Å². The number of methoxy groups -OCH3 is 1. The van der Waals surface area contributed by atoms with Gasteiger partial charge in [-0.2, -0.15) is 0 Å². The molecule has 2 saturated heterocycles. The lowest BCUT2D eigenvalue weighted by Gasteiger charge is -2.33. The molecule has 1 saturated carbocycles. The molecule has 3 fully saturated rings. The number of hydrogen-bond donors (Lipinski definition) is 2. The number of amides is 1. The highest BCUT2D eigenvalue weighted by Crippen LogP contribution is 2.33. The Labute approximate surface area is 151 Å². The average molecular weight is 359 g/mol. The molecule has 2 N–H and O–H groups in total. The zero-order valence-corrected chi connectivity index (χ0v) is 15.5. The molecule has 0 radical (unpaired) electrons. The SMILES string of the molecule is COC(=O)C1(NC(=O)CC2CC3CCC(C2)N3)CCCCCC1.Cl. The average Bonchev–Trinajstić information content (AvgIpc) is 2.74. The van der Waals surface area contributed by atoms with Gasteiger partial charge in [-0.1, -0.05) is 25.7 Å². The number of carbonyl (C=O) groups is 2. The van der Waals surface area contributed by atoms with E-state index in [4.69, 9.17) is 4.74 Å². The number of piperidine rings is 1. The van der Waals surface area contributed by atoms with Gasteiger partial charge in [0, 0.05) is 18.5 Å². The summed E-state index contributed by atoms with van der Waals surface area (Å²) in [5.74, 6) is 0.218. The third-order valence-corrected chi connectivity index (χ3v) is 5.96. The largest absolute Gasteiger partial charge is 0.467 e. The number of esters is 1. The van der Waals surface area contributed by atoms with Crippen molar-refractivity contribution >= 4 is 24.3 Å². The van der Waals surface area contributed by atoms with Crippen molar-refractivity contribution in [2.45, 2.75) is 88.3 Å². The van der Waals surface area contributed by atoms with Crippen LogP contribution in [0.15, 0.2) is 0 Å². The van der Waals surface area contributed by atoms with Crippen LogP contribution in [0.4, 0.5) is 0 Å². The van der Waals surface area contributed by atoms with Crippen LogP contribution >= 0.6 is 12.4 Å². The molecule has 0 aromatic heterocycles. The number of rotatable bonds is 4. The summed E-state index contributed by atoms with van der Waals surface area (Å²) in [5, 5.41) is 6.70. The highest BCUT2D eigenvalue weighted by molar-refractivity contribution is 5.88. The van der Waals surface area contributed by atoms with Crippen LogP contribution in [0, 0.1) is 5.92 Å². The van der Waals surface area contributed by atoms with E-state index in [1.165, 1.54) is 20.0 Å². The fourth-order valence-corrected chi connectivity index (χ4v) is 4.83. The Morgan fingerprint density at radius 1 is 1.08 bits per heavy atom. The van der Waals surface area contributed by atoms with Crippen LogP contribution in [0.2, 0.25) is 0 Å². The number of nitrogens with one attached hydrogen (secondary N) is 2. The van der Waals surface area contributed by atoms with Gasteiger partial charge in [0.05, 0.1) is 7.11 Å². The molecular formula is C18H31ClN2O3. The molecule has 1 amide bonds. The van der Waals surface area contributed by atoms with Crippen molar-refractivity contribution < 1.29 is 14.3 Å². The lowest BCUT2D eigenvalue weighted by Crippen LogP contribution is -2.55. The Morgan fingerprint density at radius 3 is 2.21 bits per heavy atom. The molecule has 2 unspecified atom stereocenters. The second-order valence-corrected chi connectivity index (χ2v) is 7.72. The van der Waals surface area contributed by atoms with Gasteiger partial charge >= 0.3 is 5.97 Å². The first kappa shape index (κ1) is 19.5. The minimum absolute atomic E-state index is 0. The van der Waals surface area contributed by atoms with Gasteiger partial charge in [0.25, 0.3) is 0 Å². The Morgan fingerprint density at radius 2 is 1.67 bits per heavy atom. The first-order valence-electron chi connectivity index (χ1n) is 9.27. The normalized spacial score (nSPS) is 31.5. The maximum Gasteiger partial charge on any atom is 0.331 e. The van der Waals surface area contributed by atoms with Crippen molar-refractivity contribution in [3.63, 3.8) is 0 Å². The predicted octanol–water partition coefficient (Wildman–Crippen LogP) is 2.71. The van der Waals surface area contributed by atoms with E-state index >= 15 is 0 Å². The molecule has 0 aromatic carbocycles. The molecule has 24 heavy (non-hydrogen) atoms. The highest BCUT2D eigenvalue weighted by Gasteiger charge is 2.42. The molecule has 138 valence electrons. The number of hydrogen-bond acceptors (Lipinski definition) is 4. The number of ether oxygens (including phenoxy) is 1. The summed E-state index contributed by atoms with van der Waals surface area (Å²) in [7, 11) is 1.42. The van der Waals surface area contributed by atoms with Crippen molar-refractivity contribution in [2.24, 2.45) is 5.92 Å². The van der Waals surface area contributed by atoms with Gasteiger partial charge in [-0.15, -0.1) is 12.4 Å². The molecule has 5 nitrogen and oxygen atoms in total. The summed E-state index contributed by atoms with van der Waals surface area (Å²) in [4.78, 5) is 24.9. The van der Waals surface area contributed by atoms with Crippen LogP contribution < -0.4 is 10.6 Å². The van der Waals surface area contributed by atoms with Crippen LogP contribution in [-0.2, 0) is 14.3 Å². The Bertz CT molecular complexity index is 438. The molecule has 6 heteroatoms. The fourth-order valence-electron chi connectivity index (χ4n) is 4.83. The van der Waals surface area contributed by atoms with E-state index in [9.17, 15) is 9.59 Å². The van der Waals surface area contributed by atoms with Crippen molar-refractivity contribution in [3.05, 3.63) is 0 Å². The molecular weight excluding hydrogens is 328 g/mol. The standard InChI is InChI=1S/C18H30N2O3.ClH/c1-23-17(22)18(8-4-2-3-5-9-18)20-16(21)12-13-10-14-6-7-15(11-13)19-14;/h13-15,19H,2-12H2,1H3,(H,20,21);1H. The van der Waals surface area contributed by atoms with E-state index in [0.717, 1.165) is 38.5 Å². The van der Waals surface area contributed by atoms with Crippen LogP contribution in [0.1, 0.15) is 70.6 Å². The zero-order chi connectivity index (χ0) is 16.3. The van der Waals surface area contributed by atoms with Gasteiger partial charge in [-0.05, 0) is 44.4 Å². The van der Waals surface area contributed by atoms with Crippen LogP contribution in [0.5, 0.6) is 0 Å². The first-order valence-corrected chi connectivity index (χ1v) is 9.27. The van der Waals surface area contributed by atoms with E-state index in [1.807, 2.05) is 0 Å². The van der Waals surface area contributed by atoms with Crippen molar-refractivity contribution in [2.75, 3.05) is 7.11 Å². The fraction of sp³-hybridized carbons (Fsp3) is 0.889. The molecule has 3 aliphatic rings. The number of halogens is 1. The lowest BCUT2D eigenvalue weighted by molar-refractivity contribution is -0.152. The maximum absolute atomic E-state index is 12.6. The van der Waals surface area contributed by atoms with Crippen LogP contribution in [0.25, 0.3) is 0 Å². The van der Waals surface area contributed by atoms with Gasteiger partial charge in [-0.3, -0.25) is 4.79 Å².